The van der Waals surface area contributed by atoms with Crippen LogP contribution in [0.3, 0.4) is 0 Å². The molecule has 5 rings (SSSR count). The first-order valence-electron chi connectivity index (χ1n) is 10.4. The van der Waals surface area contributed by atoms with Crippen molar-refractivity contribution in [1.82, 2.24) is 25.0 Å². The average Bonchev–Trinajstić information content (AvgIpc) is 3.42. The predicted molar refractivity (Wildman–Crippen MR) is 121 cm³/mol. The van der Waals surface area contributed by atoms with Gasteiger partial charge in [-0.25, -0.2) is 10.4 Å². The van der Waals surface area contributed by atoms with Gasteiger partial charge in [-0.15, -0.1) is 0 Å². The summed E-state index contributed by atoms with van der Waals surface area (Å²) in [6, 6.07) is 15.4. The second kappa shape index (κ2) is 8.31. The van der Waals surface area contributed by atoms with E-state index in [1.165, 1.54) is 16.6 Å². The molecule has 0 aliphatic carbocycles. The fourth-order valence-electron chi connectivity index (χ4n) is 3.89. The molecule has 0 bridgehead atoms. The summed E-state index contributed by atoms with van der Waals surface area (Å²) in [5.41, 5.74) is 3.94. The monoisotopic (exact) mass is 464 g/mol. The standard InChI is InChI=1S/C24H19F3N6O/c1-32-13-11-19(31-32)17-14-16(9-10-18(17)24(25,26)27)23(34)30-22-21(15-6-3-2-4-7-15)29-20-8-5-12-28-33(20)22/h2-14,19,31H,1H3,(H,30,34). The van der Waals surface area contributed by atoms with Gasteiger partial charge in [0.15, 0.2) is 11.5 Å². The Bertz CT molecular complexity index is 1400. The van der Waals surface area contributed by atoms with Crippen molar-refractivity contribution in [3.63, 3.8) is 0 Å². The van der Waals surface area contributed by atoms with E-state index in [9.17, 15) is 18.0 Å². The summed E-state index contributed by atoms with van der Waals surface area (Å²) in [4.78, 5) is 17.8. The Morgan fingerprint density at radius 2 is 1.88 bits per heavy atom. The third kappa shape index (κ3) is 3.99. The topological polar surface area (TPSA) is 74.6 Å². The summed E-state index contributed by atoms with van der Waals surface area (Å²) >= 11 is 0. The molecule has 10 heteroatoms. The summed E-state index contributed by atoms with van der Waals surface area (Å²) in [5.74, 6) is -0.248. The lowest BCUT2D eigenvalue weighted by Gasteiger charge is -2.20. The minimum absolute atomic E-state index is 0.0414. The van der Waals surface area contributed by atoms with E-state index in [1.807, 2.05) is 30.3 Å². The number of aromatic nitrogens is 3. The molecule has 1 aliphatic heterocycles. The number of carbonyl (C=O) groups is 1. The molecule has 2 N–H and O–H groups in total. The van der Waals surface area contributed by atoms with E-state index < -0.39 is 23.7 Å². The van der Waals surface area contributed by atoms with Crippen LogP contribution in [0.5, 0.6) is 0 Å². The molecular formula is C24H19F3N6O. The number of alkyl halides is 3. The molecule has 0 radical (unpaired) electrons. The van der Waals surface area contributed by atoms with Gasteiger partial charge in [0.2, 0.25) is 0 Å². The van der Waals surface area contributed by atoms with E-state index >= 15 is 0 Å². The molecule has 172 valence electrons. The molecule has 1 amide bonds. The number of rotatable bonds is 4. The maximum absolute atomic E-state index is 13.7. The zero-order valence-electron chi connectivity index (χ0n) is 17.9. The SMILES string of the molecule is CN1C=CC(c2cc(C(=O)Nc3c(-c4ccccc4)nc4cccnn34)ccc2C(F)(F)F)N1. The van der Waals surface area contributed by atoms with Gasteiger partial charge >= 0.3 is 6.18 Å². The third-order valence-corrected chi connectivity index (χ3v) is 5.47. The Hall–Kier alpha value is -4.18. The molecule has 3 heterocycles. The van der Waals surface area contributed by atoms with Gasteiger partial charge in [-0.1, -0.05) is 30.3 Å². The van der Waals surface area contributed by atoms with E-state index in [1.54, 1.807) is 42.7 Å². The van der Waals surface area contributed by atoms with Crippen LogP contribution in [0.4, 0.5) is 19.0 Å². The van der Waals surface area contributed by atoms with E-state index in [2.05, 4.69) is 20.8 Å². The molecule has 7 nitrogen and oxygen atoms in total. The van der Waals surface area contributed by atoms with Crippen LogP contribution in [-0.2, 0) is 6.18 Å². The quantitative estimate of drug-likeness (QED) is 0.459. The number of fused-ring (bicyclic) bond motifs is 1. The summed E-state index contributed by atoms with van der Waals surface area (Å²) < 4.78 is 42.5. The van der Waals surface area contributed by atoms with E-state index in [0.29, 0.717) is 17.2 Å². The summed E-state index contributed by atoms with van der Waals surface area (Å²) in [7, 11) is 1.68. The van der Waals surface area contributed by atoms with Gasteiger partial charge in [-0.05, 0) is 42.0 Å². The highest BCUT2D eigenvalue weighted by molar-refractivity contribution is 6.06. The number of anilines is 1. The van der Waals surface area contributed by atoms with Gasteiger partial charge in [0.1, 0.15) is 5.69 Å². The fourth-order valence-corrected chi connectivity index (χ4v) is 3.89. The lowest BCUT2D eigenvalue weighted by molar-refractivity contribution is -0.138. The molecule has 2 aromatic heterocycles. The van der Waals surface area contributed by atoms with Gasteiger partial charge < -0.3 is 10.3 Å². The molecule has 0 fully saturated rings. The van der Waals surface area contributed by atoms with Gasteiger partial charge in [-0.3, -0.25) is 4.79 Å². The number of amides is 1. The van der Waals surface area contributed by atoms with Crippen molar-refractivity contribution in [2.45, 2.75) is 12.2 Å². The maximum Gasteiger partial charge on any atom is 0.416 e. The van der Waals surface area contributed by atoms with Crippen molar-refractivity contribution in [2.24, 2.45) is 0 Å². The molecule has 0 saturated carbocycles. The first-order valence-corrected chi connectivity index (χ1v) is 10.4. The smallest absolute Gasteiger partial charge is 0.318 e. The number of nitrogens with zero attached hydrogens (tertiary/aromatic N) is 4. The molecule has 2 aromatic carbocycles. The number of hydrogen-bond donors (Lipinski definition) is 2. The van der Waals surface area contributed by atoms with E-state index in [4.69, 9.17) is 0 Å². The third-order valence-electron chi connectivity index (χ3n) is 5.47. The van der Waals surface area contributed by atoms with Crippen molar-refractivity contribution in [2.75, 3.05) is 12.4 Å². The Morgan fingerprint density at radius 3 is 2.59 bits per heavy atom. The Morgan fingerprint density at radius 1 is 1.09 bits per heavy atom. The zero-order chi connectivity index (χ0) is 23.9. The first-order chi connectivity index (χ1) is 16.3. The Labute approximate surface area is 192 Å². The Kier molecular flexibility index (Phi) is 5.29. The number of nitrogens with one attached hydrogen (secondary N) is 2. The van der Waals surface area contributed by atoms with Crippen molar-refractivity contribution < 1.29 is 18.0 Å². The molecule has 1 atom stereocenters. The fraction of sp³-hybridized carbons (Fsp3) is 0.125. The zero-order valence-corrected chi connectivity index (χ0v) is 17.9. The minimum atomic E-state index is -4.56. The lowest BCUT2D eigenvalue weighted by atomic mass is 9.97. The van der Waals surface area contributed by atoms with Crippen molar-refractivity contribution >= 4 is 17.4 Å². The molecule has 1 aliphatic rings. The van der Waals surface area contributed by atoms with Crippen molar-refractivity contribution in [1.29, 1.82) is 0 Å². The second-order valence-electron chi connectivity index (χ2n) is 7.78. The number of hydrogen-bond acceptors (Lipinski definition) is 5. The van der Waals surface area contributed by atoms with Crippen LogP contribution in [0.1, 0.15) is 27.5 Å². The van der Waals surface area contributed by atoms with Crippen molar-refractivity contribution in [3.8, 4) is 11.3 Å². The van der Waals surface area contributed by atoms with Gasteiger partial charge in [0.25, 0.3) is 5.91 Å². The lowest BCUT2D eigenvalue weighted by Crippen LogP contribution is -2.28. The van der Waals surface area contributed by atoms with Crippen LogP contribution in [0, 0.1) is 0 Å². The molecule has 34 heavy (non-hydrogen) atoms. The summed E-state index contributed by atoms with van der Waals surface area (Å²) in [6.45, 7) is 0. The summed E-state index contributed by atoms with van der Waals surface area (Å²) in [5, 5.41) is 8.64. The first kappa shape index (κ1) is 21.7. The maximum atomic E-state index is 13.7. The van der Waals surface area contributed by atoms with Crippen LogP contribution in [0.25, 0.3) is 16.9 Å². The number of benzene rings is 2. The predicted octanol–water partition coefficient (Wildman–Crippen LogP) is 4.67. The highest BCUT2D eigenvalue weighted by atomic mass is 19.4. The summed E-state index contributed by atoms with van der Waals surface area (Å²) in [6.07, 6.45) is 0.235. The number of imidazole rings is 1. The molecule has 0 saturated heterocycles. The minimum Gasteiger partial charge on any atom is -0.318 e. The Balaban J connectivity index is 1.55. The van der Waals surface area contributed by atoms with E-state index in [-0.39, 0.29) is 11.1 Å². The van der Waals surface area contributed by atoms with Crippen LogP contribution in [0.2, 0.25) is 0 Å². The number of hydrazine groups is 1. The molecule has 0 spiro atoms. The van der Waals surface area contributed by atoms with Crippen LogP contribution in [0.15, 0.2) is 79.1 Å². The molecular weight excluding hydrogens is 445 g/mol. The number of carbonyl (C=O) groups excluding carboxylic acids is 1. The van der Waals surface area contributed by atoms with Crippen LogP contribution in [-0.4, -0.2) is 32.6 Å². The highest BCUT2D eigenvalue weighted by Gasteiger charge is 2.36. The highest BCUT2D eigenvalue weighted by Crippen LogP contribution is 2.37. The van der Waals surface area contributed by atoms with Gasteiger partial charge in [0, 0.05) is 30.6 Å². The largest absolute Gasteiger partial charge is 0.416 e. The van der Waals surface area contributed by atoms with Crippen LogP contribution < -0.4 is 10.7 Å². The molecule has 4 aromatic rings. The normalized spacial score (nSPS) is 15.8. The van der Waals surface area contributed by atoms with Crippen molar-refractivity contribution in [3.05, 3.63) is 95.8 Å². The average molecular weight is 464 g/mol. The second-order valence-corrected chi connectivity index (χ2v) is 7.78. The van der Waals surface area contributed by atoms with Gasteiger partial charge in [0.05, 0.1) is 11.6 Å². The molecule has 1 unspecified atom stereocenters. The van der Waals surface area contributed by atoms with Crippen LogP contribution >= 0.6 is 0 Å². The van der Waals surface area contributed by atoms with E-state index in [0.717, 1.165) is 11.6 Å². The number of halogens is 3. The van der Waals surface area contributed by atoms with Gasteiger partial charge in [-0.2, -0.15) is 22.8 Å².